The molecule has 2 rings (SSSR count). The van der Waals surface area contributed by atoms with E-state index in [1.807, 2.05) is 0 Å². The van der Waals surface area contributed by atoms with Crippen molar-refractivity contribution in [3.05, 3.63) is 35.6 Å². The van der Waals surface area contributed by atoms with Crippen LogP contribution in [0.25, 0.3) is 0 Å². The summed E-state index contributed by atoms with van der Waals surface area (Å²) < 4.78 is 18.0. The van der Waals surface area contributed by atoms with Gasteiger partial charge in [-0.05, 0) is 31.0 Å². The minimum absolute atomic E-state index is 0.0124. The van der Waals surface area contributed by atoms with Gasteiger partial charge in [0.2, 0.25) is 0 Å². The minimum atomic E-state index is -0.354. The Hall–Kier alpha value is -1.38. The standard InChI is InChI=1S/C11H10FO2/c12-10-4-2-1-3-9(10)7-14-11(13)8-5-6-8/h2-4,8H,5-7H2. The highest BCUT2D eigenvalue weighted by molar-refractivity contribution is 5.74. The van der Waals surface area contributed by atoms with E-state index in [9.17, 15) is 9.18 Å². The number of carbonyl (C=O) groups is 1. The fourth-order valence-corrected chi connectivity index (χ4v) is 1.14. The van der Waals surface area contributed by atoms with Crippen LogP contribution in [0.2, 0.25) is 0 Å². The highest BCUT2D eigenvalue weighted by atomic mass is 19.1. The summed E-state index contributed by atoms with van der Waals surface area (Å²) in [4.78, 5) is 11.1. The zero-order chi connectivity index (χ0) is 9.97. The highest BCUT2D eigenvalue weighted by Gasteiger charge is 2.31. The first-order valence-corrected chi connectivity index (χ1v) is 4.58. The number of halogens is 1. The first kappa shape index (κ1) is 9.19. The average molecular weight is 193 g/mol. The minimum Gasteiger partial charge on any atom is -0.460 e. The summed E-state index contributed by atoms with van der Waals surface area (Å²) in [5.41, 5.74) is 0.376. The average Bonchev–Trinajstić information content (AvgIpc) is 2.99. The fraction of sp³-hybridized carbons (Fsp3) is 0.364. The second-order valence-electron chi connectivity index (χ2n) is 3.40. The molecular weight excluding hydrogens is 183 g/mol. The zero-order valence-corrected chi connectivity index (χ0v) is 7.63. The van der Waals surface area contributed by atoms with Crippen LogP contribution in [0.5, 0.6) is 0 Å². The number of carbonyl (C=O) groups excluding carboxylic acids is 1. The Morgan fingerprint density at radius 2 is 2.43 bits per heavy atom. The van der Waals surface area contributed by atoms with Gasteiger partial charge in [0.25, 0.3) is 0 Å². The van der Waals surface area contributed by atoms with Gasteiger partial charge in [0.15, 0.2) is 0 Å². The smallest absolute Gasteiger partial charge is 0.309 e. The molecule has 1 aliphatic carbocycles. The van der Waals surface area contributed by atoms with Gasteiger partial charge in [0, 0.05) is 5.56 Å². The lowest BCUT2D eigenvalue weighted by Gasteiger charge is -2.04. The third-order valence-electron chi connectivity index (χ3n) is 2.17. The van der Waals surface area contributed by atoms with Gasteiger partial charge in [-0.1, -0.05) is 6.07 Å². The summed E-state index contributed by atoms with van der Waals surface area (Å²) >= 11 is 0. The molecule has 1 radical (unpaired) electrons. The van der Waals surface area contributed by atoms with E-state index in [4.69, 9.17) is 4.74 Å². The Kier molecular flexibility index (Phi) is 2.48. The summed E-state index contributed by atoms with van der Waals surface area (Å²) in [6.07, 6.45) is 1.81. The maximum absolute atomic E-state index is 13.0. The molecule has 73 valence electrons. The molecule has 2 nitrogen and oxygen atoms in total. The summed E-state index contributed by atoms with van der Waals surface area (Å²) in [6.45, 7) is 0.0124. The van der Waals surface area contributed by atoms with Crippen LogP contribution in [0.15, 0.2) is 18.2 Å². The molecule has 0 N–H and O–H groups in total. The van der Waals surface area contributed by atoms with E-state index in [2.05, 4.69) is 6.07 Å². The molecule has 0 saturated heterocycles. The molecule has 0 aromatic heterocycles. The lowest BCUT2D eigenvalue weighted by molar-refractivity contribution is -0.146. The first-order valence-electron chi connectivity index (χ1n) is 4.58. The Bertz CT molecular complexity index is 345. The molecule has 0 spiro atoms. The van der Waals surface area contributed by atoms with Gasteiger partial charge in [0.05, 0.1) is 5.92 Å². The van der Waals surface area contributed by atoms with E-state index in [0.29, 0.717) is 5.56 Å². The summed E-state index contributed by atoms with van der Waals surface area (Å²) in [7, 11) is 0. The molecule has 3 heteroatoms. The highest BCUT2D eigenvalue weighted by Crippen LogP contribution is 2.30. The van der Waals surface area contributed by atoms with Crippen LogP contribution in [0.1, 0.15) is 18.4 Å². The second-order valence-corrected chi connectivity index (χ2v) is 3.40. The summed E-state index contributed by atoms with van der Waals surface area (Å²) in [5.74, 6) is -0.508. The first-order chi connectivity index (χ1) is 6.77. The number of benzene rings is 1. The fourth-order valence-electron chi connectivity index (χ4n) is 1.14. The molecule has 0 amide bonds. The maximum atomic E-state index is 13.0. The van der Waals surface area contributed by atoms with Gasteiger partial charge < -0.3 is 4.74 Å². The molecule has 1 saturated carbocycles. The predicted molar refractivity (Wildman–Crippen MR) is 47.8 cm³/mol. The predicted octanol–water partition coefficient (Wildman–Crippen LogP) is 2.08. The Morgan fingerprint density at radius 3 is 3.07 bits per heavy atom. The Balaban J connectivity index is 1.91. The van der Waals surface area contributed by atoms with E-state index in [0.717, 1.165) is 12.8 Å². The van der Waals surface area contributed by atoms with Crippen molar-refractivity contribution in [1.82, 2.24) is 0 Å². The molecule has 0 aliphatic heterocycles. The number of esters is 1. The van der Waals surface area contributed by atoms with E-state index >= 15 is 0 Å². The lowest BCUT2D eigenvalue weighted by Crippen LogP contribution is -2.07. The second kappa shape index (κ2) is 3.78. The third kappa shape index (κ3) is 2.10. The number of hydrogen-bond acceptors (Lipinski definition) is 2. The van der Waals surface area contributed by atoms with Crippen LogP contribution < -0.4 is 0 Å². The van der Waals surface area contributed by atoms with Crippen molar-refractivity contribution in [3.8, 4) is 0 Å². The molecule has 0 bridgehead atoms. The Morgan fingerprint density at radius 1 is 1.64 bits per heavy atom. The van der Waals surface area contributed by atoms with Crippen LogP contribution in [0, 0.1) is 17.8 Å². The molecule has 0 unspecified atom stereocenters. The van der Waals surface area contributed by atoms with Gasteiger partial charge in [0.1, 0.15) is 12.4 Å². The van der Waals surface area contributed by atoms with Gasteiger partial charge in [-0.15, -0.1) is 0 Å². The SMILES string of the molecule is O=C(OCc1c[c]ccc1F)C1CC1. The number of ether oxygens (including phenoxy) is 1. The molecule has 0 atom stereocenters. The van der Waals surface area contributed by atoms with Gasteiger partial charge in [-0.25, -0.2) is 4.39 Å². The monoisotopic (exact) mass is 193 g/mol. The van der Waals surface area contributed by atoms with E-state index in [1.165, 1.54) is 18.2 Å². The molecule has 1 aromatic carbocycles. The zero-order valence-electron chi connectivity index (χ0n) is 7.63. The van der Waals surface area contributed by atoms with Crippen LogP contribution in [-0.2, 0) is 16.1 Å². The van der Waals surface area contributed by atoms with Gasteiger partial charge in [-0.2, -0.15) is 0 Å². The van der Waals surface area contributed by atoms with Crippen LogP contribution in [0.4, 0.5) is 4.39 Å². The summed E-state index contributed by atoms with van der Waals surface area (Å²) in [6, 6.07) is 7.03. The van der Waals surface area contributed by atoms with Crippen molar-refractivity contribution < 1.29 is 13.9 Å². The molecule has 0 heterocycles. The van der Waals surface area contributed by atoms with Crippen molar-refractivity contribution in [1.29, 1.82) is 0 Å². The van der Waals surface area contributed by atoms with Crippen molar-refractivity contribution >= 4 is 5.97 Å². The maximum Gasteiger partial charge on any atom is 0.309 e. The molecule has 1 fully saturated rings. The van der Waals surface area contributed by atoms with Crippen molar-refractivity contribution in [3.63, 3.8) is 0 Å². The van der Waals surface area contributed by atoms with Crippen LogP contribution >= 0.6 is 0 Å². The van der Waals surface area contributed by atoms with Crippen LogP contribution in [-0.4, -0.2) is 5.97 Å². The van der Waals surface area contributed by atoms with Gasteiger partial charge >= 0.3 is 5.97 Å². The van der Waals surface area contributed by atoms with E-state index < -0.39 is 0 Å². The quantitative estimate of drug-likeness (QED) is 0.687. The summed E-state index contributed by atoms with van der Waals surface area (Å²) in [5, 5.41) is 0. The number of rotatable bonds is 3. The molecule has 1 aromatic rings. The Labute approximate surface area is 81.7 Å². The molecular formula is C11H10FO2. The van der Waals surface area contributed by atoms with Crippen LogP contribution in [0.3, 0.4) is 0 Å². The lowest BCUT2D eigenvalue weighted by atomic mass is 10.2. The molecule has 1 aliphatic rings. The van der Waals surface area contributed by atoms with Crippen molar-refractivity contribution in [2.75, 3.05) is 0 Å². The van der Waals surface area contributed by atoms with Crippen molar-refractivity contribution in [2.45, 2.75) is 19.4 Å². The van der Waals surface area contributed by atoms with E-state index in [-0.39, 0.29) is 24.3 Å². The van der Waals surface area contributed by atoms with Crippen molar-refractivity contribution in [2.24, 2.45) is 5.92 Å². The van der Waals surface area contributed by atoms with Gasteiger partial charge in [-0.3, -0.25) is 4.79 Å². The third-order valence-corrected chi connectivity index (χ3v) is 2.17. The number of hydrogen-bond donors (Lipinski definition) is 0. The van der Waals surface area contributed by atoms with E-state index in [1.54, 1.807) is 0 Å². The largest absolute Gasteiger partial charge is 0.460 e. The topological polar surface area (TPSA) is 26.3 Å². The molecule has 14 heavy (non-hydrogen) atoms. The normalized spacial score (nSPS) is 15.2.